The number of nitriles is 1. The molecule has 0 saturated heterocycles. The molecule has 0 aliphatic carbocycles. The molecule has 3 N–H and O–H groups in total. The van der Waals surface area contributed by atoms with Crippen LogP contribution in [0.2, 0.25) is 0 Å². The number of nitrogens with one attached hydrogen (secondary N) is 3. The number of anilines is 1. The van der Waals surface area contributed by atoms with Crippen LogP contribution in [0.4, 0.5) is 5.00 Å². The molecule has 2 aromatic heterocycles. The zero-order valence-electron chi connectivity index (χ0n) is 10.3. The molecular formula is C11H11N5O2S2. The molecule has 9 heteroatoms. The van der Waals surface area contributed by atoms with Crippen molar-refractivity contribution in [3.8, 4) is 6.07 Å². The highest BCUT2D eigenvalue weighted by Gasteiger charge is 2.24. The number of sulfonamides is 1. The molecule has 1 aliphatic rings. The van der Waals surface area contributed by atoms with Crippen molar-refractivity contribution in [1.29, 1.82) is 5.26 Å². The van der Waals surface area contributed by atoms with Crippen LogP contribution in [0.3, 0.4) is 0 Å². The Kier molecular flexibility index (Phi) is 3.21. The van der Waals surface area contributed by atoms with Crippen LogP contribution in [0.15, 0.2) is 17.3 Å². The van der Waals surface area contributed by atoms with E-state index in [-0.39, 0.29) is 5.03 Å². The van der Waals surface area contributed by atoms with Crippen molar-refractivity contribution in [3.63, 3.8) is 0 Å². The van der Waals surface area contributed by atoms with Crippen LogP contribution in [0.5, 0.6) is 0 Å². The minimum absolute atomic E-state index is 0.0223. The highest BCUT2D eigenvalue weighted by molar-refractivity contribution is 7.92. The molecule has 3 rings (SSSR count). The van der Waals surface area contributed by atoms with Gasteiger partial charge in [0.1, 0.15) is 11.1 Å². The topological polar surface area (TPSA) is 111 Å². The summed E-state index contributed by atoms with van der Waals surface area (Å²) in [4.78, 5) is 1.01. The molecule has 1 aliphatic heterocycles. The number of thiophene rings is 1. The minimum atomic E-state index is -3.73. The summed E-state index contributed by atoms with van der Waals surface area (Å²) in [5.41, 5.74) is 1.37. The van der Waals surface area contributed by atoms with Crippen molar-refractivity contribution in [2.24, 2.45) is 0 Å². The largest absolute Gasteiger partial charge is 0.312 e. The molecule has 0 atom stereocenters. The second kappa shape index (κ2) is 4.90. The molecule has 3 heterocycles. The van der Waals surface area contributed by atoms with Crippen molar-refractivity contribution in [1.82, 2.24) is 15.5 Å². The lowest BCUT2D eigenvalue weighted by Crippen LogP contribution is -2.22. The Morgan fingerprint density at radius 3 is 3.05 bits per heavy atom. The SMILES string of the molecule is N#Cc1c(NS(=O)(=O)c2ccn[nH]2)sc2c1CCNC2. The lowest BCUT2D eigenvalue weighted by Gasteiger charge is -2.11. The third-order valence-electron chi connectivity index (χ3n) is 3.03. The summed E-state index contributed by atoms with van der Waals surface area (Å²) in [7, 11) is -3.73. The van der Waals surface area contributed by atoms with E-state index in [1.807, 2.05) is 0 Å². The quantitative estimate of drug-likeness (QED) is 0.776. The van der Waals surface area contributed by atoms with Gasteiger partial charge in [0.2, 0.25) is 0 Å². The lowest BCUT2D eigenvalue weighted by atomic mass is 10.1. The Hall–Kier alpha value is -1.89. The summed E-state index contributed by atoms with van der Waals surface area (Å²) < 4.78 is 26.8. The van der Waals surface area contributed by atoms with Crippen molar-refractivity contribution in [2.75, 3.05) is 11.3 Å². The molecule has 7 nitrogen and oxygen atoms in total. The molecule has 20 heavy (non-hydrogen) atoms. The van der Waals surface area contributed by atoms with Crippen LogP contribution >= 0.6 is 11.3 Å². The Balaban J connectivity index is 2.00. The predicted octanol–water partition coefficient (Wildman–Crippen LogP) is 0.789. The lowest BCUT2D eigenvalue weighted by molar-refractivity contribution is 0.597. The highest BCUT2D eigenvalue weighted by atomic mass is 32.2. The number of aromatic nitrogens is 2. The smallest absolute Gasteiger partial charge is 0.279 e. The standard InChI is InChI=1S/C11H11N5O2S2/c12-5-8-7-1-3-13-6-9(7)19-11(8)16-20(17,18)10-2-4-14-15-10/h2,4,13,16H,1,3,6H2,(H,14,15). The molecular weight excluding hydrogens is 298 g/mol. The summed E-state index contributed by atoms with van der Waals surface area (Å²) >= 11 is 1.30. The van der Waals surface area contributed by atoms with Gasteiger partial charge >= 0.3 is 0 Å². The summed E-state index contributed by atoms with van der Waals surface area (Å²) in [6.45, 7) is 1.46. The number of nitrogens with zero attached hydrogens (tertiary/aromatic N) is 2. The summed E-state index contributed by atoms with van der Waals surface area (Å²) in [5, 5.41) is 18.9. The summed E-state index contributed by atoms with van der Waals surface area (Å²) in [6.07, 6.45) is 2.10. The minimum Gasteiger partial charge on any atom is -0.312 e. The van der Waals surface area contributed by atoms with Gasteiger partial charge in [-0.2, -0.15) is 18.8 Å². The van der Waals surface area contributed by atoms with Crippen molar-refractivity contribution >= 4 is 26.4 Å². The highest BCUT2D eigenvalue weighted by Crippen LogP contribution is 2.35. The van der Waals surface area contributed by atoms with E-state index in [1.54, 1.807) is 0 Å². The number of H-pyrrole nitrogens is 1. The fourth-order valence-corrected chi connectivity index (χ4v) is 4.48. The van der Waals surface area contributed by atoms with E-state index in [9.17, 15) is 13.7 Å². The maximum absolute atomic E-state index is 12.1. The second-order valence-electron chi connectivity index (χ2n) is 4.27. The van der Waals surface area contributed by atoms with Crippen LogP contribution < -0.4 is 10.0 Å². The van der Waals surface area contributed by atoms with Gasteiger partial charge in [0, 0.05) is 11.4 Å². The molecule has 0 amide bonds. The van der Waals surface area contributed by atoms with Crippen molar-refractivity contribution in [2.45, 2.75) is 18.0 Å². The van der Waals surface area contributed by atoms with Gasteiger partial charge in [-0.15, -0.1) is 11.3 Å². The van der Waals surface area contributed by atoms with E-state index in [4.69, 9.17) is 0 Å². The zero-order valence-corrected chi connectivity index (χ0v) is 11.9. The van der Waals surface area contributed by atoms with Crippen molar-refractivity contribution in [3.05, 3.63) is 28.3 Å². The maximum atomic E-state index is 12.1. The van der Waals surface area contributed by atoms with Crippen LogP contribution in [0.1, 0.15) is 16.0 Å². The van der Waals surface area contributed by atoms with Gasteiger partial charge < -0.3 is 5.32 Å². The van der Waals surface area contributed by atoms with Gasteiger partial charge in [0.05, 0.1) is 11.8 Å². The Labute approximate surface area is 119 Å². The summed E-state index contributed by atoms with van der Waals surface area (Å²) in [5.74, 6) is 0. The molecule has 0 radical (unpaired) electrons. The molecule has 0 fully saturated rings. The zero-order chi connectivity index (χ0) is 14.2. The third-order valence-corrected chi connectivity index (χ3v) is 5.59. The predicted molar refractivity (Wildman–Crippen MR) is 73.8 cm³/mol. The van der Waals surface area contributed by atoms with E-state index >= 15 is 0 Å². The van der Waals surface area contributed by atoms with Crippen molar-refractivity contribution < 1.29 is 8.42 Å². The fourth-order valence-electron chi connectivity index (χ4n) is 2.09. The second-order valence-corrected chi connectivity index (χ2v) is 7.03. The maximum Gasteiger partial charge on any atom is 0.279 e. The molecule has 0 saturated carbocycles. The molecule has 0 bridgehead atoms. The monoisotopic (exact) mass is 309 g/mol. The number of rotatable bonds is 3. The molecule has 0 aromatic carbocycles. The van der Waals surface area contributed by atoms with Gasteiger partial charge in [-0.1, -0.05) is 0 Å². The fraction of sp³-hybridized carbons (Fsp3) is 0.273. The molecule has 104 valence electrons. The molecule has 0 spiro atoms. The van der Waals surface area contributed by atoms with Crippen LogP contribution in [-0.4, -0.2) is 25.2 Å². The van der Waals surface area contributed by atoms with Gasteiger partial charge in [0.25, 0.3) is 10.0 Å². The first kappa shape index (κ1) is 13.1. The Bertz CT molecular complexity index is 771. The van der Waals surface area contributed by atoms with Crippen LogP contribution in [0, 0.1) is 11.3 Å². The van der Waals surface area contributed by atoms with E-state index in [0.29, 0.717) is 17.1 Å². The number of hydrogen-bond donors (Lipinski definition) is 3. The van der Waals surface area contributed by atoms with Gasteiger partial charge in [-0.3, -0.25) is 9.82 Å². The number of aromatic amines is 1. The van der Waals surface area contributed by atoms with Gasteiger partial charge in [0.15, 0.2) is 5.03 Å². The van der Waals surface area contributed by atoms with E-state index in [1.165, 1.54) is 23.6 Å². The van der Waals surface area contributed by atoms with Gasteiger partial charge in [-0.25, -0.2) is 0 Å². The van der Waals surface area contributed by atoms with E-state index < -0.39 is 10.0 Å². The normalized spacial score (nSPS) is 14.6. The summed E-state index contributed by atoms with van der Waals surface area (Å²) in [6, 6.07) is 3.47. The van der Waals surface area contributed by atoms with E-state index in [2.05, 4.69) is 26.3 Å². The molecule has 0 unspecified atom stereocenters. The number of fused-ring (bicyclic) bond motifs is 1. The Morgan fingerprint density at radius 2 is 2.35 bits per heavy atom. The number of hydrogen-bond acceptors (Lipinski definition) is 6. The van der Waals surface area contributed by atoms with Gasteiger partial charge in [-0.05, 0) is 24.6 Å². The first-order chi connectivity index (χ1) is 9.62. The third kappa shape index (κ3) is 2.18. The Morgan fingerprint density at radius 1 is 1.50 bits per heavy atom. The first-order valence-electron chi connectivity index (χ1n) is 5.89. The van der Waals surface area contributed by atoms with E-state index in [0.717, 1.165) is 23.4 Å². The van der Waals surface area contributed by atoms with Crippen LogP contribution in [-0.2, 0) is 23.0 Å². The van der Waals surface area contributed by atoms with Crippen LogP contribution in [0.25, 0.3) is 0 Å². The molecule has 2 aromatic rings. The first-order valence-corrected chi connectivity index (χ1v) is 8.19. The average molecular weight is 309 g/mol. The average Bonchev–Trinajstić information content (AvgIpc) is 3.05.